The standard InChI is InChI=1S/C21H32IN5O4Si/c1-25-19(28)17-16(22)11-26(12-31-7-8-32(2,3)4)18(17)24-20(25)27-14-5-6-15(27)10-13(9-14)23-21(29)30/h11,13-15,23H,5-10,12H2,1-4H3,(H,29,30). The molecule has 0 radical (unpaired) electrons. The second-order valence-electron chi connectivity index (χ2n) is 10.2. The highest BCUT2D eigenvalue weighted by atomic mass is 127. The summed E-state index contributed by atoms with van der Waals surface area (Å²) < 4.78 is 10.4. The largest absolute Gasteiger partial charge is 0.465 e. The summed E-state index contributed by atoms with van der Waals surface area (Å²) in [5.74, 6) is 0.668. The SMILES string of the molecule is Cn1c(N2C3CCC2CC(NC(=O)O)C3)nc2c(c(I)cn2COCC[Si](C)(C)C)c1=O. The van der Waals surface area contributed by atoms with E-state index in [2.05, 4.69) is 52.4 Å². The van der Waals surface area contributed by atoms with E-state index in [1.54, 1.807) is 11.6 Å². The van der Waals surface area contributed by atoms with Crippen molar-refractivity contribution in [3.8, 4) is 0 Å². The summed E-state index contributed by atoms with van der Waals surface area (Å²) in [5, 5.41) is 12.4. The number of nitrogens with one attached hydrogen (secondary N) is 1. The molecule has 0 spiro atoms. The van der Waals surface area contributed by atoms with Crippen LogP contribution in [-0.2, 0) is 18.5 Å². The van der Waals surface area contributed by atoms with Gasteiger partial charge in [-0.3, -0.25) is 9.36 Å². The van der Waals surface area contributed by atoms with Crippen molar-refractivity contribution in [1.82, 2.24) is 19.4 Å². The Labute approximate surface area is 202 Å². The van der Waals surface area contributed by atoms with Gasteiger partial charge in [-0.25, -0.2) is 4.79 Å². The van der Waals surface area contributed by atoms with Crippen LogP contribution >= 0.6 is 22.6 Å². The molecular formula is C21H32IN5O4Si. The third-order valence-electron chi connectivity index (χ3n) is 6.55. The summed E-state index contributed by atoms with van der Waals surface area (Å²) >= 11 is 2.20. The molecule has 1 amide bonds. The number of amides is 1. The summed E-state index contributed by atoms with van der Waals surface area (Å²) in [7, 11) is 0.611. The molecule has 4 rings (SSSR count). The van der Waals surface area contributed by atoms with Crippen LogP contribution in [0.15, 0.2) is 11.0 Å². The number of fused-ring (bicyclic) bond motifs is 3. The van der Waals surface area contributed by atoms with Crippen molar-refractivity contribution >= 4 is 53.7 Å². The van der Waals surface area contributed by atoms with Crippen LogP contribution < -0.4 is 15.8 Å². The summed E-state index contributed by atoms with van der Waals surface area (Å²) in [6.07, 6.45) is 4.39. The molecule has 2 unspecified atom stereocenters. The molecule has 176 valence electrons. The summed E-state index contributed by atoms with van der Waals surface area (Å²) in [6.45, 7) is 8.06. The van der Waals surface area contributed by atoms with Gasteiger partial charge in [0.2, 0.25) is 5.95 Å². The van der Waals surface area contributed by atoms with E-state index in [-0.39, 0.29) is 23.7 Å². The average molecular weight is 574 g/mol. The van der Waals surface area contributed by atoms with Crippen LogP contribution in [0.1, 0.15) is 25.7 Å². The molecule has 2 aliphatic rings. The predicted molar refractivity (Wildman–Crippen MR) is 135 cm³/mol. The minimum absolute atomic E-state index is 0.0495. The number of carboxylic acid groups (broad SMARTS) is 1. The average Bonchev–Trinajstić information content (AvgIpc) is 3.13. The molecule has 2 atom stereocenters. The van der Waals surface area contributed by atoms with Crippen molar-refractivity contribution in [3.63, 3.8) is 0 Å². The number of hydrogen-bond acceptors (Lipinski definition) is 5. The topological polar surface area (TPSA) is 102 Å². The summed E-state index contributed by atoms with van der Waals surface area (Å²) in [5.41, 5.74) is 0.603. The molecule has 2 fully saturated rings. The first-order chi connectivity index (χ1) is 15.0. The molecule has 2 bridgehead atoms. The Morgan fingerprint density at radius 3 is 2.56 bits per heavy atom. The molecule has 32 heavy (non-hydrogen) atoms. The number of nitrogens with zero attached hydrogens (tertiary/aromatic N) is 4. The van der Waals surface area contributed by atoms with E-state index in [0.29, 0.717) is 30.3 Å². The van der Waals surface area contributed by atoms with Gasteiger partial charge in [0.1, 0.15) is 6.73 Å². The van der Waals surface area contributed by atoms with Crippen LogP contribution in [0, 0.1) is 3.57 Å². The number of ether oxygens (including phenoxy) is 1. The first kappa shape index (κ1) is 23.6. The lowest BCUT2D eigenvalue weighted by Gasteiger charge is -2.40. The van der Waals surface area contributed by atoms with E-state index in [4.69, 9.17) is 14.8 Å². The monoisotopic (exact) mass is 573 g/mol. The lowest BCUT2D eigenvalue weighted by atomic mass is 9.98. The van der Waals surface area contributed by atoms with Gasteiger partial charge in [0.15, 0.2) is 5.65 Å². The Hall–Kier alpha value is -1.60. The second-order valence-corrected chi connectivity index (χ2v) is 17.0. The highest BCUT2D eigenvalue weighted by Gasteiger charge is 2.43. The molecule has 2 aromatic rings. The zero-order valence-electron chi connectivity index (χ0n) is 19.1. The molecule has 11 heteroatoms. The molecule has 2 aromatic heterocycles. The Bertz CT molecular complexity index is 1060. The zero-order chi connectivity index (χ0) is 23.2. The van der Waals surface area contributed by atoms with Crippen molar-refractivity contribution in [2.24, 2.45) is 7.05 Å². The zero-order valence-corrected chi connectivity index (χ0v) is 22.3. The van der Waals surface area contributed by atoms with E-state index >= 15 is 0 Å². The van der Waals surface area contributed by atoms with Crippen LogP contribution in [0.4, 0.5) is 10.7 Å². The molecule has 4 heterocycles. The van der Waals surface area contributed by atoms with Crippen LogP contribution in [0.2, 0.25) is 25.7 Å². The highest BCUT2D eigenvalue weighted by molar-refractivity contribution is 14.1. The first-order valence-corrected chi connectivity index (χ1v) is 15.9. The number of halogens is 1. The van der Waals surface area contributed by atoms with Gasteiger partial charge in [0, 0.05) is 49.6 Å². The second kappa shape index (κ2) is 8.97. The van der Waals surface area contributed by atoms with Crippen molar-refractivity contribution < 1.29 is 14.6 Å². The lowest BCUT2D eigenvalue weighted by Crippen LogP contribution is -2.51. The van der Waals surface area contributed by atoms with Crippen LogP contribution in [0.3, 0.4) is 0 Å². The van der Waals surface area contributed by atoms with E-state index < -0.39 is 14.2 Å². The molecule has 9 nitrogen and oxygen atoms in total. The van der Waals surface area contributed by atoms with E-state index in [1.807, 2.05) is 10.8 Å². The van der Waals surface area contributed by atoms with Gasteiger partial charge < -0.3 is 24.6 Å². The number of carbonyl (C=O) groups is 1. The normalized spacial score (nSPS) is 23.2. The third-order valence-corrected chi connectivity index (χ3v) is 9.07. The molecule has 2 aliphatic heterocycles. The number of anilines is 1. The van der Waals surface area contributed by atoms with Crippen LogP contribution in [-0.4, -0.2) is 58.1 Å². The fraction of sp³-hybridized carbons (Fsp3) is 0.667. The Morgan fingerprint density at radius 1 is 1.31 bits per heavy atom. The minimum Gasteiger partial charge on any atom is -0.465 e. The van der Waals surface area contributed by atoms with E-state index in [9.17, 15) is 9.59 Å². The number of rotatable bonds is 7. The Balaban J connectivity index is 1.63. The van der Waals surface area contributed by atoms with Gasteiger partial charge >= 0.3 is 6.09 Å². The predicted octanol–water partition coefficient (Wildman–Crippen LogP) is 3.42. The molecule has 2 saturated heterocycles. The number of aromatic nitrogens is 3. The minimum atomic E-state index is -1.17. The maximum absolute atomic E-state index is 13.3. The van der Waals surface area contributed by atoms with Gasteiger partial charge in [-0.2, -0.15) is 4.98 Å². The Kier molecular flexibility index (Phi) is 6.60. The Morgan fingerprint density at radius 2 is 1.97 bits per heavy atom. The third kappa shape index (κ3) is 4.69. The summed E-state index contributed by atoms with van der Waals surface area (Å²) in [6, 6.07) is 1.40. The fourth-order valence-electron chi connectivity index (χ4n) is 4.93. The number of piperidine rings is 1. The molecule has 0 aromatic carbocycles. The highest BCUT2D eigenvalue weighted by Crippen LogP contribution is 2.38. The van der Waals surface area contributed by atoms with Gasteiger partial charge in [-0.1, -0.05) is 19.6 Å². The molecule has 0 aliphatic carbocycles. The van der Waals surface area contributed by atoms with Crippen LogP contribution in [0.25, 0.3) is 11.0 Å². The van der Waals surface area contributed by atoms with E-state index in [1.165, 1.54) is 0 Å². The maximum atomic E-state index is 13.3. The van der Waals surface area contributed by atoms with Gasteiger partial charge in [0.05, 0.1) is 5.39 Å². The fourth-order valence-corrected chi connectivity index (χ4v) is 6.49. The van der Waals surface area contributed by atoms with Gasteiger partial charge in [-0.15, -0.1) is 0 Å². The number of hydrogen-bond donors (Lipinski definition) is 2. The summed E-state index contributed by atoms with van der Waals surface area (Å²) in [4.78, 5) is 31.6. The quantitative estimate of drug-likeness (QED) is 0.299. The molecular weight excluding hydrogens is 541 g/mol. The molecule has 0 saturated carbocycles. The molecule has 2 N–H and O–H groups in total. The van der Waals surface area contributed by atoms with Crippen molar-refractivity contribution in [2.45, 2.75) is 76.2 Å². The van der Waals surface area contributed by atoms with Gasteiger partial charge in [-0.05, 0) is 54.3 Å². The lowest BCUT2D eigenvalue weighted by molar-refractivity contribution is 0.0898. The van der Waals surface area contributed by atoms with Crippen molar-refractivity contribution in [3.05, 3.63) is 20.1 Å². The smallest absolute Gasteiger partial charge is 0.404 e. The van der Waals surface area contributed by atoms with Crippen LogP contribution in [0.5, 0.6) is 0 Å². The van der Waals surface area contributed by atoms with Crippen molar-refractivity contribution in [2.75, 3.05) is 11.5 Å². The maximum Gasteiger partial charge on any atom is 0.404 e. The first-order valence-electron chi connectivity index (χ1n) is 11.2. The van der Waals surface area contributed by atoms with Crippen molar-refractivity contribution in [1.29, 1.82) is 0 Å². The van der Waals surface area contributed by atoms with E-state index in [0.717, 1.165) is 35.3 Å². The van der Waals surface area contributed by atoms with Gasteiger partial charge in [0.25, 0.3) is 5.56 Å².